The van der Waals surface area contributed by atoms with Gasteiger partial charge >= 0.3 is 0 Å². The Morgan fingerprint density at radius 2 is 2.17 bits per heavy atom. The van der Waals surface area contributed by atoms with E-state index in [1.54, 1.807) is 0 Å². The van der Waals surface area contributed by atoms with E-state index in [-0.39, 0.29) is 0 Å². The number of rotatable bonds is 4. The van der Waals surface area contributed by atoms with Crippen LogP contribution in [-0.2, 0) is 5.88 Å². The number of hydrogen-bond donors (Lipinski definition) is 0. The lowest BCUT2D eigenvalue weighted by Crippen LogP contribution is -2.43. The van der Waals surface area contributed by atoms with Crippen molar-refractivity contribution < 1.29 is 0 Å². The van der Waals surface area contributed by atoms with Crippen LogP contribution in [0.5, 0.6) is 0 Å². The van der Waals surface area contributed by atoms with Gasteiger partial charge in [-0.3, -0.25) is 0 Å². The largest absolute Gasteiger partial charge is 0.356 e. The summed E-state index contributed by atoms with van der Waals surface area (Å²) in [6, 6.07) is 4.60. The van der Waals surface area contributed by atoms with E-state index in [0.29, 0.717) is 11.9 Å². The molecule has 0 amide bonds. The molecular formula is C14H22ClN3. The third-order valence-corrected chi connectivity index (χ3v) is 4.19. The molecular weight excluding hydrogens is 246 g/mol. The first-order chi connectivity index (χ1) is 8.76. The van der Waals surface area contributed by atoms with E-state index in [4.69, 9.17) is 11.6 Å². The molecule has 1 aliphatic heterocycles. The molecule has 0 aliphatic carbocycles. The van der Waals surface area contributed by atoms with Crippen LogP contribution >= 0.6 is 11.6 Å². The molecule has 0 saturated carbocycles. The molecule has 1 fully saturated rings. The Balaban J connectivity index is 2.05. The second kappa shape index (κ2) is 6.39. The fourth-order valence-electron chi connectivity index (χ4n) is 2.65. The van der Waals surface area contributed by atoms with E-state index in [9.17, 15) is 0 Å². The second-order valence-corrected chi connectivity index (χ2v) is 5.16. The zero-order valence-electron chi connectivity index (χ0n) is 11.3. The van der Waals surface area contributed by atoms with Crippen LogP contribution in [0.1, 0.15) is 25.3 Å². The van der Waals surface area contributed by atoms with Crippen molar-refractivity contribution in [3.63, 3.8) is 0 Å². The Kier molecular flexibility index (Phi) is 4.84. The van der Waals surface area contributed by atoms with Crippen LogP contribution in [0.15, 0.2) is 18.3 Å². The topological polar surface area (TPSA) is 19.4 Å². The van der Waals surface area contributed by atoms with Crippen molar-refractivity contribution in [3.8, 4) is 0 Å². The highest BCUT2D eigenvalue weighted by Gasteiger charge is 2.23. The van der Waals surface area contributed by atoms with E-state index in [1.807, 2.05) is 12.3 Å². The Morgan fingerprint density at radius 1 is 1.44 bits per heavy atom. The van der Waals surface area contributed by atoms with Crippen LogP contribution < -0.4 is 4.90 Å². The maximum absolute atomic E-state index is 5.99. The molecule has 2 heterocycles. The molecule has 4 heteroatoms. The van der Waals surface area contributed by atoms with Crippen LogP contribution in [0.3, 0.4) is 0 Å². The molecule has 0 aromatic carbocycles. The standard InChI is InChI=1S/C14H22ClN3/c1-3-18-9-6-13(7-10-18)17(2)14-12(11-15)5-4-8-16-14/h4-5,8,13H,3,6-7,9-11H2,1-2H3. The van der Waals surface area contributed by atoms with Gasteiger partial charge < -0.3 is 9.80 Å². The predicted molar refractivity (Wildman–Crippen MR) is 77.3 cm³/mol. The van der Waals surface area contributed by atoms with Crippen LogP contribution in [0.4, 0.5) is 5.82 Å². The van der Waals surface area contributed by atoms with Crippen molar-refractivity contribution in [2.45, 2.75) is 31.7 Å². The van der Waals surface area contributed by atoms with Gasteiger partial charge in [0.15, 0.2) is 0 Å². The summed E-state index contributed by atoms with van der Waals surface area (Å²) in [6.45, 7) is 5.77. The number of alkyl halides is 1. The van der Waals surface area contributed by atoms with Gasteiger partial charge in [0, 0.05) is 37.9 Å². The van der Waals surface area contributed by atoms with Crippen LogP contribution in [0, 0.1) is 0 Å². The third-order valence-electron chi connectivity index (χ3n) is 3.90. The summed E-state index contributed by atoms with van der Waals surface area (Å²) < 4.78 is 0. The molecule has 0 bridgehead atoms. The Bertz CT molecular complexity index is 375. The smallest absolute Gasteiger partial charge is 0.132 e. The minimum atomic E-state index is 0.529. The fraction of sp³-hybridized carbons (Fsp3) is 0.643. The average molecular weight is 268 g/mol. The molecule has 0 N–H and O–H groups in total. The normalized spacial score (nSPS) is 17.9. The van der Waals surface area contributed by atoms with Gasteiger partial charge in [0.2, 0.25) is 0 Å². The van der Waals surface area contributed by atoms with Crippen molar-refractivity contribution in [1.29, 1.82) is 0 Å². The minimum Gasteiger partial charge on any atom is -0.356 e. The molecule has 2 rings (SSSR count). The lowest BCUT2D eigenvalue weighted by Gasteiger charge is -2.37. The van der Waals surface area contributed by atoms with Crippen molar-refractivity contribution in [1.82, 2.24) is 9.88 Å². The molecule has 1 saturated heterocycles. The number of halogens is 1. The monoisotopic (exact) mass is 267 g/mol. The Morgan fingerprint density at radius 3 is 2.78 bits per heavy atom. The number of nitrogens with zero attached hydrogens (tertiary/aromatic N) is 3. The first kappa shape index (κ1) is 13.6. The van der Waals surface area contributed by atoms with Gasteiger partial charge in [-0.05, 0) is 25.5 Å². The molecule has 1 aliphatic rings. The molecule has 1 aromatic rings. The van der Waals surface area contributed by atoms with Gasteiger partial charge in [0.1, 0.15) is 5.82 Å². The highest BCUT2D eigenvalue weighted by atomic mass is 35.5. The summed E-state index contributed by atoms with van der Waals surface area (Å²) >= 11 is 5.99. The molecule has 0 spiro atoms. The summed E-state index contributed by atoms with van der Waals surface area (Å²) in [6.07, 6.45) is 4.27. The van der Waals surface area contributed by atoms with E-state index >= 15 is 0 Å². The van der Waals surface area contributed by atoms with Gasteiger partial charge in [-0.1, -0.05) is 13.0 Å². The van der Waals surface area contributed by atoms with Crippen molar-refractivity contribution in [3.05, 3.63) is 23.9 Å². The van der Waals surface area contributed by atoms with E-state index in [1.165, 1.54) is 25.9 Å². The SMILES string of the molecule is CCN1CCC(N(C)c2ncccc2CCl)CC1. The molecule has 3 nitrogen and oxygen atoms in total. The minimum absolute atomic E-state index is 0.529. The number of aromatic nitrogens is 1. The summed E-state index contributed by atoms with van der Waals surface area (Å²) in [5.74, 6) is 1.57. The predicted octanol–water partition coefficient (Wildman–Crippen LogP) is 2.74. The van der Waals surface area contributed by atoms with Crippen molar-refractivity contribution >= 4 is 17.4 Å². The summed E-state index contributed by atoms with van der Waals surface area (Å²) in [5.41, 5.74) is 1.12. The quantitative estimate of drug-likeness (QED) is 0.782. The molecule has 100 valence electrons. The zero-order chi connectivity index (χ0) is 13.0. The van der Waals surface area contributed by atoms with Crippen LogP contribution in [0.2, 0.25) is 0 Å². The van der Waals surface area contributed by atoms with Crippen molar-refractivity contribution in [2.75, 3.05) is 31.6 Å². The molecule has 0 atom stereocenters. The average Bonchev–Trinajstić information content (AvgIpc) is 2.46. The third kappa shape index (κ3) is 2.96. The van der Waals surface area contributed by atoms with E-state index < -0.39 is 0 Å². The zero-order valence-corrected chi connectivity index (χ0v) is 12.0. The van der Waals surface area contributed by atoms with Gasteiger partial charge in [0.25, 0.3) is 0 Å². The maximum atomic E-state index is 5.99. The van der Waals surface area contributed by atoms with Crippen LogP contribution in [-0.4, -0.2) is 42.6 Å². The lowest BCUT2D eigenvalue weighted by atomic mass is 10.0. The van der Waals surface area contributed by atoms with Gasteiger partial charge in [-0.2, -0.15) is 0 Å². The number of anilines is 1. The highest BCUT2D eigenvalue weighted by Crippen LogP contribution is 2.24. The summed E-state index contributed by atoms with van der Waals surface area (Å²) in [7, 11) is 2.14. The molecule has 0 unspecified atom stereocenters. The van der Waals surface area contributed by atoms with Gasteiger partial charge in [0.05, 0.1) is 5.88 Å². The second-order valence-electron chi connectivity index (χ2n) is 4.90. The number of piperidine rings is 1. The Labute approximate surface area is 115 Å². The first-order valence-electron chi connectivity index (χ1n) is 6.71. The van der Waals surface area contributed by atoms with E-state index in [0.717, 1.165) is 17.9 Å². The first-order valence-corrected chi connectivity index (χ1v) is 7.24. The molecule has 1 aromatic heterocycles. The summed E-state index contributed by atoms with van der Waals surface area (Å²) in [4.78, 5) is 9.31. The summed E-state index contributed by atoms with van der Waals surface area (Å²) in [5, 5.41) is 0. The van der Waals surface area contributed by atoms with E-state index in [2.05, 4.69) is 34.8 Å². The van der Waals surface area contributed by atoms with Crippen LogP contribution in [0.25, 0.3) is 0 Å². The number of hydrogen-bond acceptors (Lipinski definition) is 3. The van der Waals surface area contributed by atoms with Gasteiger partial charge in [-0.15, -0.1) is 11.6 Å². The van der Waals surface area contributed by atoms with Gasteiger partial charge in [-0.25, -0.2) is 4.98 Å². The number of pyridine rings is 1. The Hall–Kier alpha value is -0.800. The van der Waals surface area contributed by atoms with Crippen molar-refractivity contribution in [2.24, 2.45) is 0 Å². The lowest BCUT2D eigenvalue weighted by molar-refractivity contribution is 0.220. The molecule has 18 heavy (non-hydrogen) atoms. The molecule has 0 radical (unpaired) electrons. The maximum Gasteiger partial charge on any atom is 0.132 e. The fourth-order valence-corrected chi connectivity index (χ4v) is 2.86. The number of likely N-dealkylation sites (tertiary alicyclic amines) is 1. The highest BCUT2D eigenvalue weighted by molar-refractivity contribution is 6.17.